The number of hydrogen-bond acceptors (Lipinski definition) is 7. The number of thiazole rings is 1. The number of aliphatic hydroxyl groups is 1. The van der Waals surface area contributed by atoms with Gasteiger partial charge in [-0.25, -0.2) is 0 Å². The molecule has 1 aliphatic carbocycles. The van der Waals surface area contributed by atoms with Crippen LogP contribution in [0.15, 0.2) is 52.1 Å². The van der Waals surface area contributed by atoms with Gasteiger partial charge in [0.1, 0.15) is 5.75 Å². The van der Waals surface area contributed by atoms with E-state index in [1.165, 1.54) is 49.2 Å². The zero-order valence-electron chi connectivity index (χ0n) is 21.7. The van der Waals surface area contributed by atoms with Gasteiger partial charge in [-0.2, -0.15) is 0 Å². The predicted molar refractivity (Wildman–Crippen MR) is 153 cm³/mol. The fourth-order valence-corrected chi connectivity index (χ4v) is 6.44. The molecule has 9 heteroatoms. The molecule has 0 bridgehead atoms. The Balaban J connectivity index is 1.18. The van der Waals surface area contributed by atoms with Crippen molar-refractivity contribution in [3.63, 3.8) is 0 Å². The fraction of sp³-hybridized carbons (Fsp3) is 0.414. The van der Waals surface area contributed by atoms with Crippen molar-refractivity contribution < 1.29 is 10.2 Å². The Morgan fingerprint density at radius 2 is 1.97 bits per heavy atom. The first-order chi connectivity index (χ1) is 18.4. The lowest BCUT2D eigenvalue weighted by Gasteiger charge is -2.31. The Kier molecular flexibility index (Phi) is 8.28. The quantitative estimate of drug-likeness (QED) is 0.245. The van der Waals surface area contributed by atoms with Crippen LogP contribution < -0.4 is 15.7 Å². The molecule has 201 valence electrons. The van der Waals surface area contributed by atoms with E-state index in [1.54, 1.807) is 12.1 Å². The zero-order valence-corrected chi connectivity index (χ0v) is 22.5. The molecule has 1 aliphatic rings. The molecule has 5 rings (SSSR count). The van der Waals surface area contributed by atoms with Crippen molar-refractivity contribution in [3.8, 4) is 5.75 Å². The number of fused-ring (bicyclic) bond motifs is 2. The third kappa shape index (κ3) is 5.86. The maximum Gasteiger partial charge on any atom is 0.308 e. The molecule has 2 aromatic carbocycles. The molecule has 4 N–H and O–H groups in total. The van der Waals surface area contributed by atoms with Crippen molar-refractivity contribution in [2.24, 2.45) is 0 Å². The molecule has 0 saturated heterocycles. The van der Waals surface area contributed by atoms with Crippen molar-refractivity contribution in [1.82, 2.24) is 19.8 Å². The van der Waals surface area contributed by atoms with E-state index >= 15 is 0 Å². The molecule has 0 aliphatic heterocycles. The molecule has 1 atom stereocenters. The number of hydrogen-bond donors (Lipinski definition) is 4. The van der Waals surface area contributed by atoms with E-state index in [2.05, 4.69) is 28.7 Å². The SMILES string of the molecule is CN(CCCn1c(=O)sc2cc(CNC[C@H](O)c3ccc(O)c4[nH]c(=O)ccc34)ccc21)C1CC[CH]CC1. The molecular weight excluding hydrogens is 500 g/mol. The maximum absolute atomic E-state index is 12.7. The third-order valence-electron chi connectivity index (χ3n) is 7.59. The largest absolute Gasteiger partial charge is 0.506 e. The van der Waals surface area contributed by atoms with Crippen LogP contribution in [0.2, 0.25) is 0 Å². The second kappa shape index (κ2) is 11.8. The minimum Gasteiger partial charge on any atom is -0.506 e. The Labute approximate surface area is 225 Å². The summed E-state index contributed by atoms with van der Waals surface area (Å²) < 4.78 is 2.86. The molecule has 4 aromatic rings. The summed E-state index contributed by atoms with van der Waals surface area (Å²) >= 11 is 1.28. The molecule has 0 amide bonds. The van der Waals surface area contributed by atoms with Gasteiger partial charge in [-0.05, 0) is 87.5 Å². The lowest BCUT2D eigenvalue weighted by Crippen LogP contribution is -2.34. The molecule has 1 saturated carbocycles. The van der Waals surface area contributed by atoms with E-state index in [0.717, 1.165) is 35.3 Å². The van der Waals surface area contributed by atoms with E-state index in [-0.39, 0.29) is 16.2 Å². The van der Waals surface area contributed by atoms with Crippen LogP contribution in [0.4, 0.5) is 0 Å². The number of aromatic nitrogens is 2. The number of phenolic OH excluding ortho intramolecular Hbond substituents is 1. The highest BCUT2D eigenvalue weighted by Gasteiger charge is 2.18. The molecule has 8 nitrogen and oxygen atoms in total. The predicted octanol–water partition coefficient (Wildman–Crippen LogP) is 3.90. The average Bonchev–Trinajstić information content (AvgIpc) is 3.23. The molecule has 38 heavy (non-hydrogen) atoms. The number of aryl methyl sites for hydroxylation is 1. The van der Waals surface area contributed by atoms with Crippen LogP contribution in [0.5, 0.6) is 5.75 Å². The Bertz CT molecular complexity index is 1520. The normalized spacial score (nSPS) is 15.6. The molecule has 1 fully saturated rings. The fourth-order valence-electron chi connectivity index (χ4n) is 5.46. The molecule has 2 aromatic heterocycles. The van der Waals surface area contributed by atoms with Crippen LogP contribution in [0.1, 0.15) is 49.3 Å². The van der Waals surface area contributed by atoms with Crippen molar-refractivity contribution in [3.05, 3.63) is 80.0 Å². The highest BCUT2D eigenvalue weighted by atomic mass is 32.1. The van der Waals surface area contributed by atoms with Crippen molar-refractivity contribution in [1.29, 1.82) is 0 Å². The van der Waals surface area contributed by atoms with Crippen LogP contribution >= 0.6 is 11.3 Å². The topological polar surface area (TPSA) is 111 Å². The van der Waals surface area contributed by atoms with Gasteiger partial charge >= 0.3 is 4.87 Å². The zero-order chi connectivity index (χ0) is 26.6. The minimum absolute atomic E-state index is 0.0316. The number of nitrogens with zero attached hydrogens (tertiary/aromatic N) is 2. The standard InChI is InChI=1S/C29H35N4O4S/c1-32(20-6-3-2-4-7-20)14-5-15-33-23-11-8-19(16-26(23)38-29(33)37)17-30-18-25(35)21-9-12-24(34)28-22(21)10-13-27(36)31-28/h2,8-13,16,20,25,30,34-35H,3-7,14-15,17-18H2,1H3,(H,31,36)/t25-/m0/s1. The van der Waals surface area contributed by atoms with Crippen LogP contribution in [0, 0.1) is 6.42 Å². The first-order valence-electron chi connectivity index (χ1n) is 13.3. The second-order valence-corrected chi connectivity index (χ2v) is 11.2. The van der Waals surface area contributed by atoms with Crippen LogP contribution in [0.3, 0.4) is 0 Å². The number of H-pyrrole nitrogens is 1. The Morgan fingerprint density at radius 3 is 2.79 bits per heavy atom. The number of nitrogens with one attached hydrogen (secondary N) is 2. The summed E-state index contributed by atoms with van der Waals surface area (Å²) in [6, 6.07) is 12.9. The van der Waals surface area contributed by atoms with Gasteiger partial charge in [-0.1, -0.05) is 23.5 Å². The highest BCUT2D eigenvalue weighted by molar-refractivity contribution is 7.16. The lowest BCUT2D eigenvalue weighted by atomic mass is 9.94. The lowest BCUT2D eigenvalue weighted by molar-refractivity contribution is 0.176. The van der Waals surface area contributed by atoms with Gasteiger partial charge < -0.3 is 25.4 Å². The van der Waals surface area contributed by atoms with E-state index in [1.807, 2.05) is 22.8 Å². The summed E-state index contributed by atoms with van der Waals surface area (Å²) in [5.41, 5.74) is 2.64. The van der Waals surface area contributed by atoms with Gasteiger partial charge in [-0.15, -0.1) is 0 Å². The van der Waals surface area contributed by atoms with Crippen molar-refractivity contribution in [2.75, 3.05) is 20.1 Å². The summed E-state index contributed by atoms with van der Waals surface area (Å²) in [6.45, 7) is 2.54. The monoisotopic (exact) mass is 535 g/mol. The first-order valence-corrected chi connectivity index (χ1v) is 14.1. The number of aromatic hydroxyl groups is 1. The number of phenols is 1. The van der Waals surface area contributed by atoms with Crippen LogP contribution in [-0.4, -0.2) is 50.8 Å². The third-order valence-corrected chi connectivity index (χ3v) is 8.53. The summed E-state index contributed by atoms with van der Waals surface area (Å²) in [5.74, 6) is -0.0316. The minimum atomic E-state index is -0.824. The van der Waals surface area contributed by atoms with Crippen LogP contribution in [0.25, 0.3) is 21.1 Å². The van der Waals surface area contributed by atoms with Crippen molar-refractivity contribution >= 4 is 32.5 Å². The molecule has 0 unspecified atom stereocenters. The second-order valence-electron chi connectivity index (χ2n) is 10.2. The summed E-state index contributed by atoms with van der Waals surface area (Å²) in [6.07, 6.45) is 7.38. The summed E-state index contributed by atoms with van der Waals surface area (Å²) in [4.78, 5) is 29.5. The molecule has 2 heterocycles. The molecular formula is C29H35N4O4S. The highest BCUT2D eigenvalue weighted by Crippen LogP contribution is 2.28. The number of rotatable bonds is 10. The Hall–Kier alpha value is -2.98. The maximum atomic E-state index is 12.7. The van der Waals surface area contributed by atoms with E-state index in [4.69, 9.17) is 0 Å². The van der Waals surface area contributed by atoms with Gasteiger partial charge in [0.15, 0.2) is 0 Å². The van der Waals surface area contributed by atoms with E-state index in [9.17, 15) is 19.8 Å². The number of aliphatic hydroxyl groups excluding tert-OH is 1. The van der Waals surface area contributed by atoms with E-state index in [0.29, 0.717) is 35.6 Å². The Morgan fingerprint density at radius 1 is 1.16 bits per heavy atom. The van der Waals surface area contributed by atoms with Gasteiger partial charge in [0.2, 0.25) is 5.56 Å². The molecule has 1 radical (unpaired) electrons. The smallest absolute Gasteiger partial charge is 0.308 e. The van der Waals surface area contributed by atoms with Crippen LogP contribution in [-0.2, 0) is 13.1 Å². The summed E-state index contributed by atoms with van der Waals surface area (Å²) in [7, 11) is 2.20. The number of aromatic amines is 1. The average molecular weight is 536 g/mol. The van der Waals surface area contributed by atoms with Crippen molar-refractivity contribution in [2.45, 2.75) is 57.3 Å². The number of pyridine rings is 1. The van der Waals surface area contributed by atoms with Gasteiger partial charge in [0.25, 0.3) is 0 Å². The van der Waals surface area contributed by atoms with Gasteiger partial charge in [0.05, 0.1) is 21.8 Å². The van der Waals surface area contributed by atoms with E-state index < -0.39 is 6.10 Å². The molecule has 0 spiro atoms. The van der Waals surface area contributed by atoms with Gasteiger partial charge in [-0.3, -0.25) is 14.2 Å². The first kappa shape index (κ1) is 26.6. The summed E-state index contributed by atoms with van der Waals surface area (Å²) in [5, 5.41) is 24.7. The number of benzene rings is 2. The van der Waals surface area contributed by atoms with Gasteiger partial charge in [0, 0.05) is 37.1 Å².